The largest absolute Gasteiger partial charge is 0.480 e. The smallest absolute Gasteiger partial charge is 0.327 e. The van der Waals surface area contributed by atoms with Crippen molar-refractivity contribution in [3.05, 3.63) is 0 Å². The fourth-order valence-corrected chi connectivity index (χ4v) is 3.30. The number of amides is 2. The van der Waals surface area contributed by atoms with E-state index in [1.807, 2.05) is 6.92 Å². The van der Waals surface area contributed by atoms with Crippen molar-refractivity contribution < 1.29 is 14.7 Å². The molecule has 116 valence electrons. The molecule has 6 nitrogen and oxygen atoms in total. The van der Waals surface area contributed by atoms with E-state index in [2.05, 4.69) is 24.1 Å². The number of urea groups is 1. The van der Waals surface area contributed by atoms with Crippen LogP contribution >= 0.6 is 11.8 Å². The summed E-state index contributed by atoms with van der Waals surface area (Å²) in [7, 11) is 0. The lowest BCUT2D eigenvalue weighted by Gasteiger charge is -2.34. The van der Waals surface area contributed by atoms with Crippen LogP contribution < -0.4 is 5.32 Å². The molecular weight excluding hydrogens is 278 g/mol. The van der Waals surface area contributed by atoms with E-state index in [4.69, 9.17) is 5.11 Å². The number of aliphatic carboxylic acids is 1. The summed E-state index contributed by atoms with van der Waals surface area (Å²) < 4.78 is 0. The topological polar surface area (TPSA) is 72.9 Å². The molecule has 2 amide bonds. The first-order valence-electron chi connectivity index (χ1n) is 7.09. The molecule has 0 bridgehead atoms. The molecule has 20 heavy (non-hydrogen) atoms. The number of carbonyl (C=O) groups is 2. The van der Waals surface area contributed by atoms with Crippen LogP contribution in [0.5, 0.6) is 0 Å². The maximum atomic E-state index is 12.2. The lowest BCUT2D eigenvalue weighted by Crippen LogP contribution is -2.56. The van der Waals surface area contributed by atoms with Crippen LogP contribution in [0.2, 0.25) is 0 Å². The van der Waals surface area contributed by atoms with Crippen LogP contribution in [-0.4, -0.2) is 76.7 Å². The van der Waals surface area contributed by atoms with Crippen molar-refractivity contribution in [3.63, 3.8) is 0 Å². The number of thioether (sulfide) groups is 1. The van der Waals surface area contributed by atoms with Crippen LogP contribution in [0, 0.1) is 0 Å². The first kappa shape index (κ1) is 17.1. The summed E-state index contributed by atoms with van der Waals surface area (Å²) in [6.07, 6.45) is 0. The number of nitrogens with one attached hydrogen (secondary N) is 1. The van der Waals surface area contributed by atoms with E-state index in [0.29, 0.717) is 12.3 Å². The van der Waals surface area contributed by atoms with Gasteiger partial charge < -0.3 is 20.2 Å². The van der Waals surface area contributed by atoms with Crippen LogP contribution in [0.4, 0.5) is 4.79 Å². The Labute approximate surface area is 124 Å². The highest BCUT2D eigenvalue weighted by Crippen LogP contribution is 2.16. The van der Waals surface area contributed by atoms with Gasteiger partial charge in [0.15, 0.2) is 0 Å². The quantitative estimate of drug-likeness (QED) is 0.763. The van der Waals surface area contributed by atoms with Gasteiger partial charge in [0.1, 0.15) is 6.04 Å². The third kappa shape index (κ3) is 4.86. The molecule has 0 spiro atoms. The molecule has 1 aliphatic heterocycles. The van der Waals surface area contributed by atoms with E-state index in [1.165, 1.54) is 4.90 Å². The summed E-state index contributed by atoms with van der Waals surface area (Å²) in [5.41, 5.74) is 0. The Balaban J connectivity index is 2.53. The second kappa shape index (κ2) is 8.36. The van der Waals surface area contributed by atoms with E-state index in [1.54, 1.807) is 11.8 Å². The van der Waals surface area contributed by atoms with Gasteiger partial charge in [-0.2, -0.15) is 11.8 Å². The monoisotopic (exact) mass is 303 g/mol. The Morgan fingerprint density at radius 1 is 1.45 bits per heavy atom. The zero-order valence-corrected chi connectivity index (χ0v) is 13.3. The molecule has 7 heteroatoms. The average molecular weight is 303 g/mol. The average Bonchev–Trinajstić information content (AvgIpc) is 2.44. The third-order valence-corrected chi connectivity index (χ3v) is 4.49. The van der Waals surface area contributed by atoms with Crippen molar-refractivity contribution in [2.45, 2.75) is 32.9 Å². The van der Waals surface area contributed by atoms with Gasteiger partial charge in [-0.3, -0.25) is 0 Å². The number of nitrogens with zero attached hydrogens (tertiary/aromatic N) is 2. The van der Waals surface area contributed by atoms with Gasteiger partial charge >= 0.3 is 12.0 Å². The number of hydrogen-bond donors (Lipinski definition) is 2. The van der Waals surface area contributed by atoms with Gasteiger partial charge in [0.2, 0.25) is 0 Å². The van der Waals surface area contributed by atoms with Gasteiger partial charge in [0.25, 0.3) is 0 Å². The molecule has 1 fully saturated rings. The number of likely N-dealkylation sites (N-methyl/N-ethyl adjacent to an activating group) is 1. The molecule has 0 aromatic carbocycles. The normalized spacial score (nSPS) is 20.8. The molecule has 2 N–H and O–H groups in total. The van der Waals surface area contributed by atoms with Gasteiger partial charge in [-0.15, -0.1) is 0 Å². The maximum absolute atomic E-state index is 12.2. The molecular formula is C13H25N3O3S. The van der Waals surface area contributed by atoms with Crippen molar-refractivity contribution in [2.75, 3.05) is 37.7 Å². The standard InChI is InChI=1S/C13H25N3O3S/c1-4-15(5-2)8-10(3)14-13(19)16-6-7-20-9-11(16)12(17)18/h10-11H,4-9H2,1-3H3,(H,14,19)(H,17,18). The lowest BCUT2D eigenvalue weighted by atomic mass is 10.2. The van der Waals surface area contributed by atoms with Gasteiger partial charge in [0.05, 0.1) is 0 Å². The molecule has 0 saturated carbocycles. The second-order valence-electron chi connectivity index (χ2n) is 4.96. The van der Waals surface area contributed by atoms with E-state index in [0.717, 1.165) is 25.4 Å². The van der Waals surface area contributed by atoms with E-state index < -0.39 is 12.0 Å². The fourth-order valence-electron chi connectivity index (χ4n) is 2.26. The van der Waals surface area contributed by atoms with E-state index in [9.17, 15) is 9.59 Å². The van der Waals surface area contributed by atoms with Gasteiger partial charge in [-0.1, -0.05) is 13.8 Å². The number of hydrogen-bond acceptors (Lipinski definition) is 4. The van der Waals surface area contributed by atoms with Crippen molar-refractivity contribution >= 4 is 23.8 Å². The van der Waals surface area contributed by atoms with Crippen LogP contribution in [0.1, 0.15) is 20.8 Å². The SMILES string of the molecule is CCN(CC)CC(C)NC(=O)N1CCSCC1C(=O)O. The molecule has 0 aliphatic carbocycles. The Hall–Kier alpha value is -0.950. The minimum atomic E-state index is -0.927. The first-order chi connectivity index (χ1) is 9.49. The molecule has 1 aliphatic rings. The Morgan fingerprint density at radius 3 is 2.65 bits per heavy atom. The summed E-state index contributed by atoms with van der Waals surface area (Å²) in [6, 6.07) is -0.974. The zero-order valence-electron chi connectivity index (χ0n) is 12.5. The molecule has 1 rings (SSSR count). The first-order valence-corrected chi connectivity index (χ1v) is 8.25. The van der Waals surface area contributed by atoms with Crippen molar-refractivity contribution in [2.24, 2.45) is 0 Å². The predicted molar refractivity (Wildman–Crippen MR) is 81.2 cm³/mol. The minimum absolute atomic E-state index is 0.00595. The minimum Gasteiger partial charge on any atom is -0.480 e. The number of carboxylic acids is 1. The van der Waals surface area contributed by atoms with Crippen molar-refractivity contribution in [1.29, 1.82) is 0 Å². The molecule has 0 radical (unpaired) electrons. The molecule has 0 aromatic heterocycles. The fraction of sp³-hybridized carbons (Fsp3) is 0.846. The second-order valence-corrected chi connectivity index (χ2v) is 6.11. The molecule has 1 saturated heterocycles. The van der Waals surface area contributed by atoms with Gasteiger partial charge in [-0.25, -0.2) is 9.59 Å². The highest BCUT2D eigenvalue weighted by Gasteiger charge is 2.32. The summed E-state index contributed by atoms with van der Waals surface area (Å²) in [5.74, 6) is 0.332. The molecule has 0 aromatic rings. The van der Waals surface area contributed by atoms with Crippen LogP contribution in [0.15, 0.2) is 0 Å². The molecule has 2 unspecified atom stereocenters. The van der Waals surface area contributed by atoms with Gasteiger partial charge in [-0.05, 0) is 20.0 Å². The third-order valence-electron chi connectivity index (χ3n) is 3.47. The Kier molecular flexibility index (Phi) is 7.15. The Bertz CT molecular complexity index is 337. The van der Waals surface area contributed by atoms with Gasteiger partial charge in [0, 0.05) is 30.6 Å². The van der Waals surface area contributed by atoms with E-state index in [-0.39, 0.29) is 12.1 Å². The summed E-state index contributed by atoms with van der Waals surface area (Å²) in [6.45, 7) is 9.26. The number of carbonyl (C=O) groups excluding carboxylic acids is 1. The van der Waals surface area contributed by atoms with Crippen LogP contribution in [0.25, 0.3) is 0 Å². The van der Waals surface area contributed by atoms with Crippen molar-refractivity contribution in [1.82, 2.24) is 15.1 Å². The maximum Gasteiger partial charge on any atom is 0.327 e. The highest BCUT2D eigenvalue weighted by atomic mass is 32.2. The lowest BCUT2D eigenvalue weighted by molar-refractivity contribution is -0.141. The number of rotatable bonds is 6. The predicted octanol–water partition coefficient (Wildman–Crippen LogP) is 0.928. The van der Waals surface area contributed by atoms with E-state index >= 15 is 0 Å². The summed E-state index contributed by atoms with van der Waals surface area (Å²) in [5, 5.41) is 12.1. The molecule has 1 heterocycles. The van der Waals surface area contributed by atoms with Crippen LogP contribution in [0.3, 0.4) is 0 Å². The van der Waals surface area contributed by atoms with Crippen molar-refractivity contribution in [3.8, 4) is 0 Å². The summed E-state index contributed by atoms with van der Waals surface area (Å²) in [4.78, 5) is 27.1. The highest BCUT2D eigenvalue weighted by molar-refractivity contribution is 7.99. The zero-order chi connectivity index (χ0) is 15.1. The molecule has 2 atom stereocenters. The Morgan fingerprint density at radius 2 is 2.10 bits per heavy atom. The number of carboxylic acid groups (broad SMARTS) is 1. The van der Waals surface area contributed by atoms with Crippen LogP contribution in [-0.2, 0) is 4.79 Å². The summed E-state index contributed by atoms with van der Waals surface area (Å²) >= 11 is 1.58.